The van der Waals surface area contributed by atoms with Crippen molar-refractivity contribution < 1.29 is 38.0 Å². The highest BCUT2D eigenvalue weighted by atomic mass is 16.9. The number of hydrogen-bond acceptors (Lipinski definition) is 8. The fraction of sp³-hybridized carbons (Fsp3) is 0.667. The van der Waals surface area contributed by atoms with Crippen LogP contribution >= 0.6 is 0 Å². The maximum absolute atomic E-state index is 13.4. The number of methoxy groups -OCH3 is 1. The first-order chi connectivity index (χ1) is 15.9. The topological polar surface area (TPSA) is 114 Å². The first kappa shape index (κ1) is 24.9. The Morgan fingerprint density at radius 2 is 1.50 bits per heavy atom. The van der Waals surface area contributed by atoms with Gasteiger partial charge in [0.05, 0.1) is 7.11 Å². The molecule has 0 aliphatic carbocycles. The van der Waals surface area contributed by atoms with Gasteiger partial charge in [0.15, 0.2) is 24.0 Å². The van der Waals surface area contributed by atoms with E-state index in [2.05, 4.69) is 10.6 Å². The predicted octanol–water partition coefficient (Wildman–Crippen LogP) is 2.17. The molecule has 0 bridgehead atoms. The Balaban J connectivity index is 1.49. The molecule has 6 unspecified atom stereocenters. The minimum Gasteiger partial charge on any atom is -0.497 e. The summed E-state index contributed by atoms with van der Waals surface area (Å²) in [7, 11) is 1.57. The molecule has 34 heavy (non-hydrogen) atoms. The number of anilines is 1. The van der Waals surface area contributed by atoms with Crippen LogP contribution in [0.5, 0.6) is 5.75 Å². The molecule has 0 saturated carbocycles. The summed E-state index contributed by atoms with van der Waals surface area (Å²) in [6.07, 6.45) is -3.65. The van der Waals surface area contributed by atoms with Gasteiger partial charge < -0.3 is 39.1 Å². The van der Waals surface area contributed by atoms with Gasteiger partial charge in [0.25, 0.3) is 5.91 Å². The van der Waals surface area contributed by atoms with E-state index >= 15 is 0 Å². The lowest BCUT2D eigenvalue weighted by Crippen LogP contribution is -2.61. The number of carbonyl (C=O) groups is 2. The predicted molar refractivity (Wildman–Crippen MR) is 121 cm³/mol. The molecule has 3 aliphatic rings. The molecule has 10 heteroatoms. The van der Waals surface area contributed by atoms with Crippen molar-refractivity contribution >= 4 is 17.5 Å². The average molecular weight is 479 g/mol. The number of rotatable bonds is 6. The molecule has 188 valence electrons. The molecule has 0 aromatic heterocycles. The standard InChI is InChI=1S/C24H34N2O8/c1-12(2)15(20(27)25-13-8-10-14(29-7)11-9-13)26-21(28)18-16-17(32-23(3,4)31-16)19-22(30-18)34-24(5,6)33-19/h8-12,15-19,22H,1-7H3,(H,25,27)(H,26,28). The monoisotopic (exact) mass is 478 g/mol. The Kier molecular flexibility index (Phi) is 6.65. The van der Waals surface area contributed by atoms with Gasteiger partial charge in [0, 0.05) is 5.69 Å². The van der Waals surface area contributed by atoms with Crippen molar-refractivity contribution in [2.75, 3.05) is 12.4 Å². The van der Waals surface area contributed by atoms with Crippen molar-refractivity contribution in [1.29, 1.82) is 0 Å². The molecule has 0 radical (unpaired) electrons. The summed E-state index contributed by atoms with van der Waals surface area (Å²) in [5.74, 6) is -2.14. The maximum Gasteiger partial charge on any atom is 0.252 e. The third kappa shape index (κ3) is 5.06. The SMILES string of the molecule is COc1ccc(NC(=O)C(NC(=O)C2OC3OC(C)(C)OC3C3OC(C)(C)OC23)C(C)C)cc1. The van der Waals surface area contributed by atoms with Crippen LogP contribution in [-0.4, -0.2) is 67.2 Å². The summed E-state index contributed by atoms with van der Waals surface area (Å²) in [5.41, 5.74) is 0.593. The number of benzene rings is 1. The third-order valence-corrected chi connectivity index (χ3v) is 6.02. The van der Waals surface area contributed by atoms with E-state index in [1.165, 1.54) is 0 Å². The third-order valence-electron chi connectivity index (χ3n) is 6.02. The van der Waals surface area contributed by atoms with Gasteiger partial charge in [-0.25, -0.2) is 0 Å². The minimum atomic E-state index is -1.04. The van der Waals surface area contributed by atoms with Crippen LogP contribution in [0.1, 0.15) is 41.5 Å². The number of fused-ring (bicyclic) bond motifs is 3. The normalized spacial score (nSPS) is 31.9. The molecule has 3 heterocycles. The second kappa shape index (κ2) is 9.09. The number of carbonyl (C=O) groups excluding carboxylic acids is 2. The highest BCUT2D eigenvalue weighted by Crippen LogP contribution is 2.44. The lowest BCUT2D eigenvalue weighted by Gasteiger charge is -2.37. The summed E-state index contributed by atoms with van der Waals surface area (Å²) >= 11 is 0. The van der Waals surface area contributed by atoms with Crippen LogP contribution in [0, 0.1) is 5.92 Å². The summed E-state index contributed by atoms with van der Waals surface area (Å²) in [6.45, 7) is 10.8. The van der Waals surface area contributed by atoms with Gasteiger partial charge in [0.1, 0.15) is 30.1 Å². The molecule has 2 amide bonds. The van der Waals surface area contributed by atoms with Gasteiger partial charge in [0.2, 0.25) is 5.91 Å². The van der Waals surface area contributed by atoms with Crippen molar-refractivity contribution in [2.45, 2.75) is 89.9 Å². The van der Waals surface area contributed by atoms with E-state index in [-0.39, 0.29) is 11.8 Å². The van der Waals surface area contributed by atoms with Gasteiger partial charge >= 0.3 is 0 Å². The lowest BCUT2D eigenvalue weighted by molar-refractivity contribution is -0.231. The van der Waals surface area contributed by atoms with Crippen molar-refractivity contribution in [1.82, 2.24) is 5.32 Å². The van der Waals surface area contributed by atoms with Crippen LogP contribution in [0.2, 0.25) is 0 Å². The second-order valence-electron chi connectivity index (χ2n) is 10.0. The fourth-order valence-electron chi connectivity index (χ4n) is 4.49. The summed E-state index contributed by atoms with van der Waals surface area (Å²) in [4.78, 5) is 26.4. The van der Waals surface area contributed by atoms with Gasteiger partial charge in [-0.3, -0.25) is 9.59 Å². The van der Waals surface area contributed by atoms with Crippen LogP contribution in [-0.2, 0) is 33.3 Å². The molecular formula is C24H34N2O8. The Labute approximate surface area is 199 Å². The number of amides is 2. The smallest absolute Gasteiger partial charge is 0.252 e. The van der Waals surface area contributed by atoms with E-state index in [1.807, 2.05) is 13.8 Å². The molecule has 4 rings (SSSR count). The Morgan fingerprint density at radius 3 is 2.12 bits per heavy atom. The quantitative estimate of drug-likeness (QED) is 0.640. The van der Waals surface area contributed by atoms with E-state index in [1.54, 1.807) is 59.1 Å². The first-order valence-electron chi connectivity index (χ1n) is 11.5. The molecule has 1 aromatic carbocycles. The summed E-state index contributed by atoms with van der Waals surface area (Å²) < 4.78 is 35.1. The van der Waals surface area contributed by atoms with E-state index in [4.69, 9.17) is 28.4 Å². The van der Waals surface area contributed by atoms with Gasteiger partial charge in [-0.2, -0.15) is 0 Å². The van der Waals surface area contributed by atoms with Crippen molar-refractivity contribution in [3.05, 3.63) is 24.3 Å². The molecule has 10 nitrogen and oxygen atoms in total. The summed E-state index contributed by atoms with van der Waals surface area (Å²) in [5, 5.41) is 5.68. The van der Waals surface area contributed by atoms with Gasteiger partial charge in [-0.15, -0.1) is 0 Å². The van der Waals surface area contributed by atoms with Crippen LogP contribution in [0.15, 0.2) is 24.3 Å². The second-order valence-corrected chi connectivity index (χ2v) is 10.0. The van der Waals surface area contributed by atoms with E-state index in [0.29, 0.717) is 11.4 Å². The van der Waals surface area contributed by atoms with Crippen molar-refractivity contribution in [2.24, 2.45) is 5.92 Å². The Hall–Kier alpha value is -2.24. The highest BCUT2D eigenvalue weighted by Gasteiger charge is 2.62. The van der Waals surface area contributed by atoms with Crippen LogP contribution in [0.25, 0.3) is 0 Å². The molecule has 3 aliphatic heterocycles. The molecule has 1 aromatic rings. The Bertz CT molecular complexity index is 916. The largest absolute Gasteiger partial charge is 0.497 e. The minimum absolute atomic E-state index is 0.184. The zero-order valence-corrected chi connectivity index (χ0v) is 20.6. The Morgan fingerprint density at radius 1 is 0.912 bits per heavy atom. The molecule has 3 fully saturated rings. The maximum atomic E-state index is 13.4. The highest BCUT2D eigenvalue weighted by molar-refractivity contribution is 5.98. The lowest BCUT2D eigenvalue weighted by atomic mass is 9.97. The van der Waals surface area contributed by atoms with E-state index in [9.17, 15) is 9.59 Å². The van der Waals surface area contributed by atoms with Crippen molar-refractivity contribution in [3.63, 3.8) is 0 Å². The number of ether oxygens (including phenoxy) is 6. The molecular weight excluding hydrogens is 444 g/mol. The molecule has 2 N–H and O–H groups in total. The fourth-order valence-corrected chi connectivity index (χ4v) is 4.49. The average Bonchev–Trinajstić information content (AvgIpc) is 3.25. The molecule has 6 atom stereocenters. The van der Waals surface area contributed by atoms with Crippen molar-refractivity contribution in [3.8, 4) is 5.75 Å². The summed E-state index contributed by atoms with van der Waals surface area (Å²) in [6, 6.07) is 6.15. The van der Waals surface area contributed by atoms with Gasteiger partial charge in [-0.1, -0.05) is 13.8 Å². The first-order valence-corrected chi connectivity index (χ1v) is 11.5. The zero-order valence-electron chi connectivity index (χ0n) is 20.6. The van der Waals surface area contributed by atoms with Gasteiger partial charge in [-0.05, 0) is 57.9 Å². The van der Waals surface area contributed by atoms with Crippen LogP contribution in [0.4, 0.5) is 5.69 Å². The number of hydrogen-bond donors (Lipinski definition) is 2. The molecule has 0 spiro atoms. The van der Waals surface area contributed by atoms with Crippen LogP contribution in [0.3, 0.4) is 0 Å². The van der Waals surface area contributed by atoms with Crippen LogP contribution < -0.4 is 15.4 Å². The van der Waals surface area contributed by atoms with E-state index < -0.39 is 54.2 Å². The zero-order chi connectivity index (χ0) is 24.8. The number of nitrogens with one attached hydrogen (secondary N) is 2. The van der Waals surface area contributed by atoms with E-state index in [0.717, 1.165) is 0 Å². The molecule has 3 saturated heterocycles.